The molecule has 1 aromatic carbocycles. The molecule has 226 valence electrons. The molecule has 0 aliphatic heterocycles. The third-order valence-corrected chi connectivity index (χ3v) is 7.40. The zero-order valence-corrected chi connectivity index (χ0v) is 26.5. The quantitative estimate of drug-likeness (QED) is 0.148. The molecule has 0 radical (unpaired) electrons. The molecule has 0 aliphatic carbocycles. The molecule has 4 heterocycles. The van der Waals surface area contributed by atoms with E-state index in [2.05, 4.69) is 76.5 Å². The first-order valence-electron chi connectivity index (χ1n) is 15.1. The van der Waals surface area contributed by atoms with Crippen LogP contribution in [0.3, 0.4) is 0 Å². The molecule has 4 aromatic heterocycles. The Balaban J connectivity index is 1.42. The van der Waals surface area contributed by atoms with Gasteiger partial charge in [-0.05, 0) is 99.5 Å². The minimum atomic E-state index is 0.716. The number of nitrogens with zero attached hydrogens (tertiary/aromatic N) is 6. The number of pyridine rings is 4. The largest absolute Gasteiger partial charge is 0.497 e. The van der Waals surface area contributed by atoms with Crippen LogP contribution in [0, 0.1) is 27.7 Å². The second-order valence-electron chi connectivity index (χ2n) is 11.6. The molecule has 5 aromatic rings. The third kappa shape index (κ3) is 9.27. The van der Waals surface area contributed by atoms with Crippen molar-refractivity contribution < 1.29 is 4.74 Å². The molecule has 0 aliphatic rings. The highest BCUT2D eigenvalue weighted by molar-refractivity contribution is 5.35. The summed E-state index contributed by atoms with van der Waals surface area (Å²) in [4.78, 5) is 24.0. The van der Waals surface area contributed by atoms with Gasteiger partial charge in [-0.2, -0.15) is 0 Å². The average molecular weight is 587 g/mol. The number of methoxy groups -OCH3 is 1. The van der Waals surface area contributed by atoms with Gasteiger partial charge in [-0.3, -0.25) is 29.7 Å². The number of ether oxygens (including phenoxy) is 1. The summed E-state index contributed by atoms with van der Waals surface area (Å²) in [5.74, 6) is 0.849. The summed E-state index contributed by atoms with van der Waals surface area (Å²) < 4.78 is 5.81. The summed E-state index contributed by atoms with van der Waals surface area (Å²) in [7, 11) is 1.74. The van der Waals surface area contributed by atoms with Crippen LogP contribution in [0.2, 0.25) is 0 Å². The average Bonchev–Trinajstić information content (AvgIpc) is 2.97. The van der Waals surface area contributed by atoms with E-state index in [-0.39, 0.29) is 0 Å². The smallest absolute Gasteiger partial charge is 0.119 e. The van der Waals surface area contributed by atoms with Crippen molar-refractivity contribution in [3.63, 3.8) is 0 Å². The third-order valence-electron chi connectivity index (χ3n) is 7.40. The molecule has 7 nitrogen and oxygen atoms in total. The molecule has 0 N–H and O–H groups in total. The van der Waals surface area contributed by atoms with Crippen LogP contribution < -0.4 is 4.74 Å². The van der Waals surface area contributed by atoms with Crippen molar-refractivity contribution in [2.75, 3.05) is 7.11 Å². The summed E-state index contributed by atoms with van der Waals surface area (Å²) in [6, 6.07) is 31.4. The fourth-order valence-electron chi connectivity index (χ4n) is 5.55. The lowest BCUT2D eigenvalue weighted by atomic mass is 10.1. The molecular formula is C37H42N6O. The molecule has 0 amide bonds. The number of rotatable bonds is 13. The Hall–Kier alpha value is -4.46. The van der Waals surface area contributed by atoms with Crippen LogP contribution in [0.4, 0.5) is 0 Å². The van der Waals surface area contributed by atoms with Gasteiger partial charge in [-0.15, -0.1) is 0 Å². The van der Waals surface area contributed by atoms with Gasteiger partial charge >= 0.3 is 0 Å². The Labute approximate surface area is 261 Å². The van der Waals surface area contributed by atoms with Gasteiger partial charge in [0.1, 0.15) is 5.75 Å². The minimum absolute atomic E-state index is 0.716. The van der Waals surface area contributed by atoms with Gasteiger partial charge in [-0.1, -0.05) is 30.3 Å². The lowest BCUT2D eigenvalue weighted by Crippen LogP contribution is -2.25. The van der Waals surface area contributed by atoms with Gasteiger partial charge in [0.2, 0.25) is 0 Å². The Morgan fingerprint density at radius 1 is 0.455 bits per heavy atom. The van der Waals surface area contributed by atoms with Crippen molar-refractivity contribution in [2.45, 2.75) is 67.0 Å². The zero-order valence-electron chi connectivity index (χ0n) is 26.5. The van der Waals surface area contributed by atoms with Gasteiger partial charge in [0.15, 0.2) is 0 Å². The van der Waals surface area contributed by atoms with Crippen LogP contribution in [0.1, 0.15) is 56.7 Å². The first-order valence-corrected chi connectivity index (χ1v) is 15.1. The van der Waals surface area contributed by atoms with E-state index < -0.39 is 0 Å². The molecule has 5 rings (SSSR count). The van der Waals surface area contributed by atoms with Gasteiger partial charge < -0.3 is 4.74 Å². The highest BCUT2D eigenvalue weighted by atomic mass is 16.5. The van der Waals surface area contributed by atoms with E-state index in [0.29, 0.717) is 26.2 Å². The first-order chi connectivity index (χ1) is 21.3. The summed E-state index contributed by atoms with van der Waals surface area (Å²) in [5.41, 5.74) is 10.6. The topological polar surface area (TPSA) is 67.3 Å². The lowest BCUT2D eigenvalue weighted by Gasteiger charge is -2.25. The SMILES string of the molecule is COc1cc(CN(Cc2cccc(C)n2)Cc2cccc(C)n2)cc(CN(Cc2cccc(C)n2)Cc2cccc(C)n2)c1. The van der Waals surface area contributed by atoms with E-state index in [1.54, 1.807) is 7.11 Å². The number of benzene rings is 1. The van der Waals surface area contributed by atoms with Gasteiger partial charge in [0, 0.05) is 62.0 Å². The highest BCUT2D eigenvalue weighted by Gasteiger charge is 2.15. The number of aromatic nitrogens is 4. The fraction of sp³-hybridized carbons (Fsp3) is 0.297. The molecule has 0 unspecified atom stereocenters. The molecular weight excluding hydrogens is 544 g/mol. The van der Waals surface area contributed by atoms with E-state index in [1.807, 2.05) is 52.0 Å². The second kappa shape index (κ2) is 14.8. The summed E-state index contributed by atoms with van der Waals surface area (Å²) >= 11 is 0. The maximum absolute atomic E-state index is 5.81. The maximum Gasteiger partial charge on any atom is 0.119 e. The second-order valence-corrected chi connectivity index (χ2v) is 11.6. The van der Waals surface area contributed by atoms with Crippen LogP contribution >= 0.6 is 0 Å². The number of aryl methyl sites for hydroxylation is 4. The molecule has 0 fully saturated rings. The number of hydrogen-bond acceptors (Lipinski definition) is 7. The van der Waals surface area contributed by atoms with Gasteiger partial charge in [-0.25, -0.2) is 0 Å². The van der Waals surface area contributed by atoms with E-state index in [0.717, 1.165) is 64.4 Å². The minimum Gasteiger partial charge on any atom is -0.497 e. The van der Waals surface area contributed by atoms with Crippen LogP contribution in [0.5, 0.6) is 5.75 Å². The summed E-state index contributed by atoms with van der Waals surface area (Å²) in [5, 5.41) is 0. The van der Waals surface area contributed by atoms with Gasteiger partial charge in [0.25, 0.3) is 0 Å². The lowest BCUT2D eigenvalue weighted by molar-refractivity contribution is 0.237. The van der Waals surface area contributed by atoms with Crippen LogP contribution in [-0.4, -0.2) is 36.8 Å². The number of hydrogen-bond donors (Lipinski definition) is 0. The van der Waals surface area contributed by atoms with Crippen LogP contribution in [0.25, 0.3) is 0 Å². The van der Waals surface area contributed by atoms with E-state index in [4.69, 9.17) is 24.7 Å². The monoisotopic (exact) mass is 586 g/mol. The summed E-state index contributed by atoms with van der Waals surface area (Å²) in [6.45, 7) is 12.5. The van der Waals surface area contributed by atoms with E-state index in [9.17, 15) is 0 Å². The Morgan fingerprint density at radius 2 is 0.773 bits per heavy atom. The van der Waals surface area contributed by atoms with E-state index in [1.165, 1.54) is 11.1 Å². The molecule has 7 heteroatoms. The van der Waals surface area contributed by atoms with Crippen molar-refractivity contribution in [3.8, 4) is 5.75 Å². The molecule has 0 saturated carbocycles. The summed E-state index contributed by atoms with van der Waals surface area (Å²) in [6.07, 6.45) is 0. The van der Waals surface area contributed by atoms with Gasteiger partial charge in [0.05, 0.1) is 29.9 Å². The molecule has 0 bridgehead atoms. The predicted molar refractivity (Wildman–Crippen MR) is 175 cm³/mol. The van der Waals surface area contributed by atoms with E-state index >= 15 is 0 Å². The van der Waals surface area contributed by atoms with Crippen molar-refractivity contribution >= 4 is 0 Å². The molecule has 0 spiro atoms. The predicted octanol–water partition coefficient (Wildman–Crippen LogP) is 6.91. The first kappa shape index (κ1) is 31.0. The van der Waals surface area contributed by atoms with Crippen molar-refractivity contribution in [2.24, 2.45) is 0 Å². The maximum atomic E-state index is 5.81. The molecule has 0 atom stereocenters. The Morgan fingerprint density at radius 3 is 1.05 bits per heavy atom. The zero-order chi connectivity index (χ0) is 30.9. The Bertz CT molecular complexity index is 1470. The van der Waals surface area contributed by atoms with Crippen molar-refractivity contribution in [1.82, 2.24) is 29.7 Å². The van der Waals surface area contributed by atoms with Crippen molar-refractivity contribution in [1.29, 1.82) is 0 Å². The highest BCUT2D eigenvalue weighted by Crippen LogP contribution is 2.23. The molecule has 0 saturated heterocycles. The van der Waals surface area contributed by atoms with Crippen LogP contribution in [-0.2, 0) is 39.3 Å². The van der Waals surface area contributed by atoms with Crippen LogP contribution in [0.15, 0.2) is 91.0 Å². The normalized spacial score (nSPS) is 11.3. The van der Waals surface area contributed by atoms with Crippen molar-refractivity contribution in [3.05, 3.63) is 148 Å². The standard InChI is InChI=1S/C37H42N6O/c1-27-10-6-14-33(38-27)23-42(24-34-15-7-11-28(2)39-34)21-31-18-32(20-37(19-31)44-5)22-43(25-35-16-8-12-29(3)40-35)26-36-17-9-13-30(4)41-36/h6-20H,21-26H2,1-5H3. The fourth-order valence-corrected chi connectivity index (χ4v) is 5.55. The Kier molecular flexibility index (Phi) is 10.4. The molecule has 44 heavy (non-hydrogen) atoms.